The van der Waals surface area contributed by atoms with Gasteiger partial charge >= 0.3 is 0 Å². The average molecular weight is 399 g/mol. The summed E-state index contributed by atoms with van der Waals surface area (Å²) in [6.45, 7) is 1.82. The second-order valence-electron chi connectivity index (χ2n) is 6.06. The van der Waals surface area contributed by atoms with Crippen LogP contribution in [0.5, 0.6) is 0 Å². The van der Waals surface area contributed by atoms with Crippen molar-refractivity contribution in [3.05, 3.63) is 64.9 Å². The van der Waals surface area contributed by atoms with Gasteiger partial charge in [0.25, 0.3) is 5.91 Å². The number of amides is 2. The van der Waals surface area contributed by atoms with E-state index in [1.807, 2.05) is 37.3 Å². The second kappa shape index (κ2) is 7.09. The predicted molar refractivity (Wildman–Crippen MR) is 107 cm³/mol. The molecular formula is C19H15ClN4O2S. The third kappa shape index (κ3) is 3.56. The molecule has 2 heterocycles. The van der Waals surface area contributed by atoms with Crippen molar-refractivity contribution >= 4 is 46.6 Å². The maximum Gasteiger partial charge on any atom is 0.276 e. The number of hydrogen-bond donors (Lipinski definition) is 2. The Morgan fingerprint density at radius 1 is 1.30 bits per heavy atom. The van der Waals surface area contributed by atoms with Gasteiger partial charge in [-0.1, -0.05) is 23.7 Å². The van der Waals surface area contributed by atoms with Crippen LogP contribution in [0.2, 0.25) is 5.02 Å². The van der Waals surface area contributed by atoms with E-state index >= 15 is 0 Å². The Hall–Kier alpha value is -2.77. The lowest BCUT2D eigenvalue weighted by atomic mass is 10.2. The molecule has 2 N–H and O–H groups in total. The Bertz CT molecular complexity index is 1060. The molecule has 6 nitrogen and oxygen atoms in total. The molecule has 1 aliphatic rings. The van der Waals surface area contributed by atoms with E-state index in [1.54, 1.807) is 23.0 Å². The number of fused-ring (bicyclic) bond motifs is 1. The van der Waals surface area contributed by atoms with Crippen molar-refractivity contribution in [3.63, 3.8) is 0 Å². The maximum absolute atomic E-state index is 12.7. The fraction of sp³-hybridized carbons (Fsp3) is 0.105. The fourth-order valence-electron chi connectivity index (χ4n) is 2.80. The number of hydrogen-bond acceptors (Lipinski definition) is 4. The summed E-state index contributed by atoms with van der Waals surface area (Å²) in [5.74, 6) is 0.0236. The topological polar surface area (TPSA) is 76.0 Å². The van der Waals surface area contributed by atoms with Crippen LogP contribution >= 0.6 is 23.4 Å². The average Bonchev–Trinajstić information content (AvgIpc) is 3.03. The minimum Gasteiger partial charge on any atom is -0.324 e. The maximum atomic E-state index is 12.7. The first-order chi connectivity index (χ1) is 13.0. The molecule has 0 atom stereocenters. The quantitative estimate of drug-likeness (QED) is 0.695. The molecule has 0 aliphatic carbocycles. The summed E-state index contributed by atoms with van der Waals surface area (Å²) in [5, 5.41) is 10.6. The molecule has 0 saturated heterocycles. The van der Waals surface area contributed by atoms with Gasteiger partial charge in [-0.3, -0.25) is 9.59 Å². The molecular weight excluding hydrogens is 384 g/mol. The van der Waals surface area contributed by atoms with Crippen molar-refractivity contribution in [2.45, 2.75) is 11.8 Å². The molecule has 0 bridgehead atoms. The van der Waals surface area contributed by atoms with Crippen LogP contribution in [-0.4, -0.2) is 27.3 Å². The Morgan fingerprint density at radius 3 is 2.93 bits per heavy atom. The molecule has 136 valence electrons. The number of nitrogens with one attached hydrogen (secondary N) is 2. The van der Waals surface area contributed by atoms with Crippen LogP contribution in [-0.2, 0) is 4.79 Å². The zero-order valence-electron chi connectivity index (χ0n) is 14.3. The third-order valence-corrected chi connectivity index (χ3v) is 5.47. The van der Waals surface area contributed by atoms with E-state index < -0.39 is 0 Å². The molecule has 0 unspecified atom stereocenters. The number of carbonyl (C=O) groups excluding carboxylic acids is 2. The third-order valence-electron chi connectivity index (χ3n) is 4.08. The van der Waals surface area contributed by atoms with E-state index in [1.165, 1.54) is 11.8 Å². The van der Waals surface area contributed by atoms with Crippen molar-refractivity contribution in [1.82, 2.24) is 9.78 Å². The number of aryl methyl sites for hydroxylation is 1. The summed E-state index contributed by atoms with van der Waals surface area (Å²) in [5.41, 5.74) is 3.04. The molecule has 27 heavy (non-hydrogen) atoms. The molecule has 8 heteroatoms. The highest BCUT2D eigenvalue weighted by molar-refractivity contribution is 8.00. The van der Waals surface area contributed by atoms with Crippen LogP contribution in [0.15, 0.2) is 53.6 Å². The number of nitrogens with zero attached hydrogens (tertiary/aromatic N) is 2. The Morgan fingerprint density at radius 2 is 2.11 bits per heavy atom. The van der Waals surface area contributed by atoms with Crippen molar-refractivity contribution in [3.8, 4) is 5.69 Å². The minimum absolute atomic E-state index is 0.0506. The summed E-state index contributed by atoms with van der Waals surface area (Å²) >= 11 is 7.68. The van der Waals surface area contributed by atoms with E-state index in [-0.39, 0.29) is 11.8 Å². The van der Waals surface area contributed by atoms with Crippen molar-refractivity contribution < 1.29 is 9.59 Å². The summed E-state index contributed by atoms with van der Waals surface area (Å²) < 4.78 is 1.59. The molecule has 0 fully saturated rings. The number of rotatable bonds is 3. The normalized spacial score (nSPS) is 13.0. The number of benzene rings is 2. The lowest BCUT2D eigenvalue weighted by Gasteiger charge is -2.17. The van der Waals surface area contributed by atoms with E-state index in [9.17, 15) is 9.59 Å². The van der Waals surface area contributed by atoms with Gasteiger partial charge < -0.3 is 10.6 Å². The van der Waals surface area contributed by atoms with E-state index in [4.69, 9.17) is 11.6 Å². The largest absolute Gasteiger partial charge is 0.324 e. The van der Waals surface area contributed by atoms with Crippen LogP contribution in [0.3, 0.4) is 0 Å². The molecule has 0 spiro atoms. The Balaban J connectivity index is 1.58. The number of halogens is 1. The highest BCUT2D eigenvalue weighted by Crippen LogP contribution is 2.33. The predicted octanol–water partition coefficient (Wildman–Crippen LogP) is 4.13. The SMILES string of the molecule is Cc1cn(-c2ccccc2Cl)nc1C(=O)Nc1ccc2c(c1)NC(=O)CS2. The number of anilines is 2. The van der Waals surface area contributed by atoms with Crippen LogP contribution in [0, 0.1) is 6.92 Å². The number of aromatic nitrogens is 2. The smallest absolute Gasteiger partial charge is 0.276 e. The van der Waals surface area contributed by atoms with E-state index in [2.05, 4.69) is 15.7 Å². The molecule has 1 aliphatic heterocycles. The zero-order valence-corrected chi connectivity index (χ0v) is 15.9. The van der Waals surface area contributed by atoms with Gasteiger partial charge in [-0.25, -0.2) is 4.68 Å². The summed E-state index contributed by atoms with van der Waals surface area (Å²) in [6.07, 6.45) is 1.76. The highest BCUT2D eigenvalue weighted by atomic mass is 35.5. The second-order valence-corrected chi connectivity index (χ2v) is 7.48. The summed E-state index contributed by atoms with van der Waals surface area (Å²) in [6, 6.07) is 12.7. The first-order valence-corrected chi connectivity index (χ1v) is 9.57. The first-order valence-electron chi connectivity index (χ1n) is 8.20. The fourth-order valence-corrected chi connectivity index (χ4v) is 3.81. The van der Waals surface area contributed by atoms with Crippen molar-refractivity contribution in [2.75, 3.05) is 16.4 Å². The van der Waals surface area contributed by atoms with Gasteiger partial charge in [0, 0.05) is 22.3 Å². The van der Waals surface area contributed by atoms with Gasteiger partial charge in [0.2, 0.25) is 5.91 Å². The van der Waals surface area contributed by atoms with Crippen LogP contribution in [0.4, 0.5) is 11.4 Å². The van der Waals surface area contributed by atoms with E-state index in [0.717, 1.165) is 10.5 Å². The lowest BCUT2D eigenvalue weighted by Crippen LogP contribution is -2.19. The minimum atomic E-state index is -0.326. The van der Waals surface area contributed by atoms with Crippen LogP contribution in [0.1, 0.15) is 16.1 Å². The van der Waals surface area contributed by atoms with Gasteiger partial charge in [-0.05, 0) is 37.3 Å². The monoisotopic (exact) mass is 398 g/mol. The number of thioether (sulfide) groups is 1. The lowest BCUT2D eigenvalue weighted by molar-refractivity contribution is -0.113. The summed E-state index contributed by atoms with van der Waals surface area (Å²) in [7, 11) is 0. The summed E-state index contributed by atoms with van der Waals surface area (Å²) in [4.78, 5) is 25.2. The molecule has 2 amide bonds. The van der Waals surface area contributed by atoms with Gasteiger partial charge in [-0.15, -0.1) is 11.8 Å². The molecule has 4 rings (SSSR count). The van der Waals surface area contributed by atoms with Gasteiger partial charge in [0.15, 0.2) is 5.69 Å². The van der Waals surface area contributed by atoms with Crippen molar-refractivity contribution in [2.24, 2.45) is 0 Å². The molecule has 1 aromatic heterocycles. The molecule has 0 saturated carbocycles. The Kier molecular flexibility index (Phi) is 4.63. The van der Waals surface area contributed by atoms with Crippen LogP contribution in [0.25, 0.3) is 5.69 Å². The number of carbonyl (C=O) groups is 2. The molecule has 3 aromatic rings. The van der Waals surface area contributed by atoms with Gasteiger partial charge in [0.1, 0.15) is 0 Å². The van der Waals surface area contributed by atoms with Gasteiger partial charge in [0.05, 0.1) is 22.2 Å². The standard InChI is InChI=1S/C19H15ClN4O2S/c1-11-9-24(15-5-3-2-4-13(15)20)23-18(11)19(26)21-12-6-7-16-14(8-12)22-17(25)10-27-16/h2-9H,10H2,1H3,(H,21,26)(H,22,25). The highest BCUT2D eigenvalue weighted by Gasteiger charge is 2.18. The Labute approximate surface area is 164 Å². The number of para-hydroxylation sites is 1. The van der Waals surface area contributed by atoms with Crippen molar-refractivity contribution in [1.29, 1.82) is 0 Å². The van der Waals surface area contributed by atoms with Crippen LogP contribution < -0.4 is 10.6 Å². The van der Waals surface area contributed by atoms with E-state index in [0.29, 0.717) is 33.5 Å². The molecule has 2 aromatic carbocycles. The zero-order chi connectivity index (χ0) is 19.0. The first kappa shape index (κ1) is 17.6. The molecule has 0 radical (unpaired) electrons. The van der Waals surface area contributed by atoms with Gasteiger partial charge in [-0.2, -0.15) is 5.10 Å².